The van der Waals surface area contributed by atoms with E-state index in [0.29, 0.717) is 0 Å². The summed E-state index contributed by atoms with van der Waals surface area (Å²) in [5.74, 6) is 0. The first-order valence-electron chi connectivity index (χ1n) is 6.92. The normalized spacial score (nSPS) is 12.3. The minimum atomic E-state index is 0.283. The summed E-state index contributed by atoms with van der Waals surface area (Å²) in [5, 5.41) is 5.14. The average molecular weight is 308 g/mol. The van der Waals surface area contributed by atoms with E-state index in [4.69, 9.17) is 23.2 Å². The molecule has 0 fully saturated rings. The number of hydrogen-bond acceptors (Lipinski definition) is 1. The molecule has 0 aliphatic carbocycles. The molecule has 0 aromatic heterocycles. The van der Waals surface area contributed by atoms with E-state index in [-0.39, 0.29) is 6.04 Å². The van der Waals surface area contributed by atoms with Crippen molar-refractivity contribution in [3.05, 3.63) is 69.7 Å². The molecule has 0 spiro atoms. The summed E-state index contributed by atoms with van der Waals surface area (Å²) in [5.41, 5.74) is 2.49. The molecule has 0 saturated heterocycles. The maximum Gasteiger partial charge on any atom is 0.0408 e. The molecule has 1 nitrogen and oxygen atoms in total. The standard InChI is InChI=1S/C17H19Cl2N/c1-2-10-20-17(14-6-8-15(18)9-7-14)12-13-4-3-5-16(19)11-13/h3-9,11,17,20H,2,10,12H2,1H3. The van der Waals surface area contributed by atoms with Crippen LogP contribution in [0.4, 0.5) is 0 Å². The summed E-state index contributed by atoms with van der Waals surface area (Å²) in [6.45, 7) is 3.17. The van der Waals surface area contributed by atoms with E-state index >= 15 is 0 Å². The van der Waals surface area contributed by atoms with Crippen molar-refractivity contribution in [3.8, 4) is 0 Å². The zero-order chi connectivity index (χ0) is 14.4. The molecular weight excluding hydrogens is 289 g/mol. The molecule has 20 heavy (non-hydrogen) atoms. The van der Waals surface area contributed by atoms with Crippen LogP contribution in [0, 0.1) is 0 Å². The van der Waals surface area contributed by atoms with Crippen LogP contribution in [0.5, 0.6) is 0 Å². The van der Waals surface area contributed by atoms with Crippen LogP contribution < -0.4 is 5.32 Å². The summed E-state index contributed by atoms with van der Waals surface area (Å²) in [6.07, 6.45) is 2.03. The van der Waals surface area contributed by atoms with Gasteiger partial charge in [0.05, 0.1) is 0 Å². The Morgan fingerprint density at radius 1 is 1.00 bits per heavy atom. The zero-order valence-electron chi connectivity index (χ0n) is 11.6. The topological polar surface area (TPSA) is 12.0 Å². The largest absolute Gasteiger partial charge is 0.310 e. The molecule has 2 aromatic rings. The van der Waals surface area contributed by atoms with E-state index in [2.05, 4.69) is 30.4 Å². The van der Waals surface area contributed by atoms with Crippen LogP contribution in [0.1, 0.15) is 30.5 Å². The summed E-state index contributed by atoms with van der Waals surface area (Å²) in [4.78, 5) is 0. The van der Waals surface area contributed by atoms with E-state index in [1.807, 2.05) is 30.3 Å². The molecule has 0 bridgehead atoms. The van der Waals surface area contributed by atoms with Gasteiger partial charge in [-0.25, -0.2) is 0 Å². The van der Waals surface area contributed by atoms with Crippen molar-refractivity contribution in [1.29, 1.82) is 0 Å². The van der Waals surface area contributed by atoms with Gasteiger partial charge in [-0.2, -0.15) is 0 Å². The highest BCUT2D eigenvalue weighted by atomic mass is 35.5. The SMILES string of the molecule is CCCNC(Cc1cccc(Cl)c1)c1ccc(Cl)cc1. The van der Waals surface area contributed by atoms with Crippen molar-refractivity contribution >= 4 is 23.2 Å². The Morgan fingerprint density at radius 2 is 1.75 bits per heavy atom. The summed E-state index contributed by atoms with van der Waals surface area (Å²) >= 11 is 12.0. The van der Waals surface area contributed by atoms with Gasteiger partial charge in [-0.05, 0) is 54.8 Å². The fourth-order valence-electron chi connectivity index (χ4n) is 2.22. The number of halogens is 2. The van der Waals surface area contributed by atoms with Gasteiger partial charge in [0.2, 0.25) is 0 Å². The Kier molecular flexibility index (Phi) is 5.90. The van der Waals surface area contributed by atoms with E-state index in [0.717, 1.165) is 29.4 Å². The van der Waals surface area contributed by atoms with Crippen LogP contribution in [0.15, 0.2) is 48.5 Å². The molecule has 1 atom stereocenters. The fourth-order valence-corrected chi connectivity index (χ4v) is 2.56. The minimum Gasteiger partial charge on any atom is -0.310 e. The Balaban J connectivity index is 2.16. The lowest BCUT2D eigenvalue weighted by atomic mass is 9.99. The molecule has 0 aliphatic rings. The van der Waals surface area contributed by atoms with Gasteiger partial charge < -0.3 is 5.32 Å². The van der Waals surface area contributed by atoms with Crippen molar-refractivity contribution in [2.75, 3.05) is 6.54 Å². The second-order valence-electron chi connectivity index (χ2n) is 4.89. The van der Waals surface area contributed by atoms with Crippen LogP contribution in [-0.2, 0) is 6.42 Å². The van der Waals surface area contributed by atoms with Crippen LogP contribution in [0.2, 0.25) is 10.0 Å². The van der Waals surface area contributed by atoms with E-state index in [1.165, 1.54) is 11.1 Å². The second kappa shape index (κ2) is 7.68. The molecule has 0 radical (unpaired) electrons. The molecule has 3 heteroatoms. The quantitative estimate of drug-likeness (QED) is 0.766. The zero-order valence-corrected chi connectivity index (χ0v) is 13.1. The van der Waals surface area contributed by atoms with Gasteiger partial charge in [0.25, 0.3) is 0 Å². The molecule has 0 amide bonds. The lowest BCUT2D eigenvalue weighted by Crippen LogP contribution is -2.24. The molecule has 1 N–H and O–H groups in total. The van der Waals surface area contributed by atoms with Crippen LogP contribution in [0.25, 0.3) is 0 Å². The number of nitrogens with one attached hydrogen (secondary N) is 1. The highest BCUT2D eigenvalue weighted by Gasteiger charge is 2.11. The van der Waals surface area contributed by atoms with E-state index in [1.54, 1.807) is 0 Å². The molecule has 2 aromatic carbocycles. The van der Waals surface area contributed by atoms with Gasteiger partial charge in [0.15, 0.2) is 0 Å². The van der Waals surface area contributed by atoms with E-state index in [9.17, 15) is 0 Å². The predicted molar refractivity (Wildman–Crippen MR) is 87.6 cm³/mol. The molecular formula is C17H19Cl2N. The molecule has 0 saturated carbocycles. The van der Waals surface area contributed by atoms with Gasteiger partial charge in [0.1, 0.15) is 0 Å². The van der Waals surface area contributed by atoms with Crippen LogP contribution >= 0.6 is 23.2 Å². The maximum absolute atomic E-state index is 6.06. The maximum atomic E-state index is 6.06. The van der Waals surface area contributed by atoms with Crippen LogP contribution in [0.3, 0.4) is 0 Å². The third kappa shape index (κ3) is 4.52. The first kappa shape index (κ1) is 15.4. The lowest BCUT2D eigenvalue weighted by molar-refractivity contribution is 0.529. The lowest BCUT2D eigenvalue weighted by Gasteiger charge is -2.19. The molecule has 0 heterocycles. The Hall–Kier alpha value is -1.02. The third-order valence-electron chi connectivity index (χ3n) is 3.24. The first-order chi connectivity index (χ1) is 9.69. The third-order valence-corrected chi connectivity index (χ3v) is 3.73. The highest BCUT2D eigenvalue weighted by Crippen LogP contribution is 2.22. The van der Waals surface area contributed by atoms with Gasteiger partial charge in [-0.1, -0.05) is 54.4 Å². The Labute approximate surface area is 130 Å². The summed E-state index contributed by atoms with van der Waals surface area (Å²) in [7, 11) is 0. The smallest absolute Gasteiger partial charge is 0.0408 e. The second-order valence-corrected chi connectivity index (χ2v) is 5.77. The van der Waals surface area contributed by atoms with Gasteiger partial charge in [-0.15, -0.1) is 0 Å². The van der Waals surface area contributed by atoms with Gasteiger partial charge in [-0.3, -0.25) is 0 Å². The molecule has 106 valence electrons. The summed E-state index contributed by atoms with van der Waals surface area (Å²) < 4.78 is 0. The van der Waals surface area contributed by atoms with Gasteiger partial charge >= 0.3 is 0 Å². The number of hydrogen-bond donors (Lipinski definition) is 1. The first-order valence-corrected chi connectivity index (χ1v) is 7.68. The van der Waals surface area contributed by atoms with E-state index < -0.39 is 0 Å². The summed E-state index contributed by atoms with van der Waals surface area (Å²) in [6, 6.07) is 16.4. The monoisotopic (exact) mass is 307 g/mol. The Bertz CT molecular complexity index is 537. The molecule has 1 unspecified atom stereocenters. The van der Waals surface area contributed by atoms with Gasteiger partial charge in [0, 0.05) is 16.1 Å². The minimum absolute atomic E-state index is 0.283. The van der Waals surface area contributed by atoms with Crippen molar-refractivity contribution in [2.45, 2.75) is 25.8 Å². The van der Waals surface area contributed by atoms with Crippen molar-refractivity contribution in [3.63, 3.8) is 0 Å². The Morgan fingerprint density at radius 3 is 2.40 bits per heavy atom. The molecule has 2 rings (SSSR count). The van der Waals surface area contributed by atoms with Crippen molar-refractivity contribution in [1.82, 2.24) is 5.32 Å². The number of rotatable bonds is 6. The van der Waals surface area contributed by atoms with Crippen molar-refractivity contribution < 1.29 is 0 Å². The van der Waals surface area contributed by atoms with Crippen LogP contribution in [-0.4, -0.2) is 6.54 Å². The predicted octanol–water partition coefficient (Wildman–Crippen LogP) is 5.28. The van der Waals surface area contributed by atoms with Crippen molar-refractivity contribution in [2.24, 2.45) is 0 Å². The highest BCUT2D eigenvalue weighted by molar-refractivity contribution is 6.30. The molecule has 0 aliphatic heterocycles. The fraction of sp³-hybridized carbons (Fsp3) is 0.294. The number of benzene rings is 2. The average Bonchev–Trinajstić information content (AvgIpc) is 2.44.